The molecule has 0 saturated carbocycles. The summed E-state index contributed by atoms with van der Waals surface area (Å²) in [5.41, 5.74) is -0.328. The average Bonchev–Trinajstić information content (AvgIpc) is 2.36. The fraction of sp³-hybridized carbons (Fsp3) is 0.455. The first-order valence-corrected chi connectivity index (χ1v) is 7.92. The Morgan fingerprint density at radius 1 is 1.33 bits per heavy atom. The highest BCUT2D eigenvalue weighted by Crippen LogP contribution is 2.28. The molecule has 1 aromatic carbocycles. The van der Waals surface area contributed by atoms with Crippen LogP contribution in [-0.4, -0.2) is 37.1 Å². The number of halogens is 5. The molecule has 0 aliphatic rings. The molecule has 0 fully saturated rings. The zero-order valence-electron chi connectivity index (χ0n) is 10.8. The van der Waals surface area contributed by atoms with Crippen LogP contribution < -0.4 is 0 Å². The van der Waals surface area contributed by atoms with Crippen LogP contribution in [0.15, 0.2) is 21.5 Å². The van der Waals surface area contributed by atoms with E-state index in [2.05, 4.69) is 15.9 Å². The van der Waals surface area contributed by atoms with Crippen molar-refractivity contribution in [2.75, 3.05) is 13.1 Å². The third kappa shape index (κ3) is 4.38. The van der Waals surface area contributed by atoms with Crippen LogP contribution in [0.5, 0.6) is 0 Å². The van der Waals surface area contributed by atoms with E-state index in [-0.39, 0.29) is 14.3 Å². The molecular formula is C11H12BrF4NO3S. The second-order valence-electron chi connectivity index (χ2n) is 4.08. The molecule has 1 aromatic rings. The molecule has 4 nitrogen and oxygen atoms in total. The molecule has 0 saturated heterocycles. The fourth-order valence-corrected chi connectivity index (χ4v) is 3.85. The lowest BCUT2D eigenvalue weighted by molar-refractivity contribution is -0.135. The zero-order valence-corrected chi connectivity index (χ0v) is 13.2. The van der Waals surface area contributed by atoms with E-state index in [1.807, 2.05) is 0 Å². The van der Waals surface area contributed by atoms with Gasteiger partial charge in [-0.2, -0.15) is 17.5 Å². The summed E-state index contributed by atoms with van der Waals surface area (Å²) in [6, 6.07) is 2.01. The van der Waals surface area contributed by atoms with Gasteiger partial charge in [-0.1, -0.05) is 22.9 Å². The molecule has 1 rings (SSSR count). The summed E-state index contributed by atoms with van der Waals surface area (Å²) in [7, 11) is -4.67. The number of hydrogen-bond donors (Lipinski definition) is 1. The molecule has 0 spiro atoms. The maximum absolute atomic E-state index is 14.0. The Morgan fingerprint density at radius 3 is 2.33 bits per heavy atom. The summed E-state index contributed by atoms with van der Waals surface area (Å²) < 4.78 is 75.8. The molecule has 0 heterocycles. The Bertz CT molecular complexity index is 619. The van der Waals surface area contributed by atoms with Crippen LogP contribution in [0.2, 0.25) is 0 Å². The number of nitrogens with zero attached hydrogens (tertiary/aromatic N) is 1. The molecule has 10 heteroatoms. The summed E-state index contributed by atoms with van der Waals surface area (Å²) in [6.07, 6.45) is -4.74. The van der Waals surface area contributed by atoms with Crippen LogP contribution in [-0.2, 0) is 16.6 Å². The Hall–Kier alpha value is -0.710. The minimum absolute atomic E-state index is 0.124. The first kappa shape index (κ1) is 18.3. The lowest BCUT2D eigenvalue weighted by atomic mass is 10.2. The summed E-state index contributed by atoms with van der Waals surface area (Å²) >= 11 is 2.93. The van der Waals surface area contributed by atoms with E-state index in [9.17, 15) is 26.0 Å². The van der Waals surface area contributed by atoms with E-state index < -0.39 is 46.6 Å². The van der Waals surface area contributed by atoms with Crippen molar-refractivity contribution in [1.82, 2.24) is 4.31 Å². The molecule has 0 radical (unpaired) electrons. The molecule has 0 unspecified atom stereocenters. The van der Waals surface area contributed by atoms with Gasteiger partial charge in [-0.3, -0.25) is 0 Å². The van der Waals surface area contributed by atoms with Crippen molar-refractivity contribution in [3.8, 4) is 0 Å². The number of aliphatic hydroxyl groups is 1. The maximum Gasteiger partial charge on any atom is 0.402 e. The van der Waals surface area contributed by atoms with Crippen LogP contribution in [0.1, 0.15) is 12.5 Å². The topological polar surface area (TPSA) is 57.6 Å². The summed E-state index contributed by atoms with van der Waals surface area (Å²) in [4.78, 5) is -0.910. The van der Waals surface area contributed by atoms with Gasteiger partial charge < -0.3 is 5.11 Å². The monoisotopic (exact) mass is 393 g/mol. The van der Waals surface area contributed by atoms with Gasteiger partial charge in [0, 0.05) is 16.6 Å². The number of aliphatic hydroxyl groups excluding tert-OH is 1. The maximum atomic E-state index is 14.0. The molecule has 0 aliphatic carbocycles. The minimum Gasteiger partial charge on any atom is -0.392 e. The Morgan fingerprint density at radius 2 is 1.90 bits per heavy atom. The SMILES string of the molecule is CCN(CC(F)(F)F)S(=O)(=O)c1cc(Br)cc(CO)c1F. The molecule has 0 atom stereocenters. The van der Waals surface area contributed by atoms with E-state index in [0.29, 0.717) is 0 Å². The Balaban J connectivity index is 3.39. The third-order valence-corrected chi connectivity index (χ3v) is 4.95. The van der Waals surface area contributed by atoms with Gasteiger partial charge in [-0.25, -0.2) is 12.8 Å². The van der Waals surface area contributed by atoms with Gasteiger partial charge in [0.15, 0.2) is 0 Å². The van der Waals surface area contributed by atoms with E-state index in [1.165, 1.54) is 6.92 Å². The predicted octanol–water partition coefficient (Wildman–Crippen LogP) is 2.65. The second-order valence-corrected chi connectivity index (χ2v) is 6.90. The van der Waals surface area contributed by atoms with Crippen LogP contribution in [0.4, 0.5) is 17.6 Å². The minimum atomic E-state index is -4.74. The fourth-order valence-electron chi connectivity index (χ4n) is 1.63. The van der Waals surface area contributed by atoms with Gasteiger partial charge in [-0.05, 0) is 12.1 Å². The van der Waals surface area contributed by atoms with Gasteiger partial charge >= 0.3 is 6.18 Å². The highest BCUT2D eigenvalue weighted by molar-refractivity contribution is 9.10. The van der Waals surface area contributed by atoms with Crippen molar-refractivity contribution in [3.05, 3.63) is 28.0 Å². The van der Waals surface area contributed by atoms with Gasteiger partial charge in [-0.15, -0.1) is 0 Å². The van der Waals surface area contributed by atoms with Gasteiger partial charge in [0.05, 0.1) is 6.61 Å². The molecule has 120 valence electrons. The lowest BCUT2D eigenvalue weighted by Crippen LogP contribution is -2.39. The number of benzene rings is 1. The summed E-state index contributed by atoms with van der Waals surface area (Å²) in [6.45, 7) is -1.75. The molecule has 21 heavy (non-hydrogen) atoms. The van der Waals surface area contributed by atoms with Gasteiger partial charge in [0.25, 0.3) is 0 Å². The van der Waals surface area contributed by atoms with Crippen LogP contribution in [0.25, 0.3) is 0 Å². The van der Waals surface area contributed by atoms with E-state index in [4.69, 9.17) is 5.11 Å². The van der Waals surface area contributed by atoms with Crippen LogP contribution in [0, 0.1) is 5.82 Å². The van der Waals surface area contributed by atoms with Gasteiger partial charge in [0.1, 0.15) is 17.3 Å². The molecule has 0 aliphatic heterocycles. The first-order chi connectivity index (χ1) is 9.52. The van der Waals surface area contributed by atoms with E-state index >= 15 is 0 Å². The van der Waals surface area contributed by atoms with Crippen molar-refractivity contribution in [2.24, 2.45) is 0 Å². The Kier molecular flexibility index (Phi) is 5.76. The second kappa shape index (κ2) is 6.59. The molecule has 0 bridgehead atoms. The lowest BCUT2D eigenvalue weighted by Gasteiger charge is -2.22. The Labute approximate surface area is 127 Å². The van der Waals surface area contributed by atoms with Crippen molar-refractivity contribution < 1.29 is 31.1 Å². The first-order valence-electron chi connectivity index (χ1n) is 5.68. The predicted molar refractivity (Wildman–Crippen MR) is 70.5 cm³/mol. The average molecular weight is 394 g/mol. The standard InChI is InChI=1S/C11H12BrF4NO3S/c1-2-17(6-11(14,15)16)21(19,20)9-4-8(12)3-7(5-18)10(9)13/h3-4,18H,2,5-6H2,1H3. The third-order valence-electron chi connectivity index (χ3n) is 2.58. The van der Waals surface area contributed by atoms with Crippen molar-refractivity contribution in [2.45, 2.75) is 24.6 Å². The zero-order chi connectivity index (χ0) is 16.4. The molecular weight excluding hydrogens is 382 g/mol. The van der Waals surface area contributed by atoms with Crippen LogP contribution in [0.3, 0.4) is 0 Å². The normalized spacial score (nSPS) is 13.0. The number of sulfonamides is 1. The van der Waals surface area contributed by atoms with Crippen molar-refractivity contribution >= 4 is 26.0 Å². The number of rotatable bonds is 5. The number of hydrogen-bond acceptors (Lipinski definition) is 3. The van der Waals surface area contributed by atoms with Gasteiger partial charge in [0.2, 0.25) is 10.0 Å². The summed E-state index contributed by atoms with van der Waals surface area (Å²) in [5.74, 6) is -1.26. The molecule has 1 N–H and O–H groups in total. The van der Waals surface area contributed by atoms with Crippen molar-refractivity contribution in [3.63, 3.8) is 0 Å². The molecule has 0 aromatic heterocycles. The van der Waals surface area contributed by atoms with Crippen LogP contribution >= 0.6 is 15.9 Å². The smallest absolute Gasteiger partial charge is 0.392 e. The largest absolute Gasteiger partial charge is 0.402 e. The highest BCUT2D eigenvalue weighted by atomic mass is 79.9. The molecule has 0 amide bonds. The quantitative estimate of drug-likeness (QED) is 0.782. The van der Waals surface area contributed by atoms with E-state index in [1.54, 1.807) is 0 Å². The summed E-state index contributed by atoms with van der Waals surface area (Å²) in [5, 5.41) is 8.97. The van der Waals surface area contributed by atoms with E-state index in [0.717, 1.165) is 12.1 Å². The number of alkyl halides is 3. The van der Waals surface area contributed by atoms with Crippen molar-refractivity contribution in [1.29, 1.82) is 0 Å². The highest BCUT2D eigenvalue weighted by Gasteiger charge is 2.37.